The second-order valence-electron chi connectivity index (χ2n) is 4.33. The van der Waals surface area contributed by atoms with E-state index in [-0.39, 0.29) is 13.9 Å². The quantitative estimate of drug-likeness (QED) is 0.501. The van der Waals surface area contributed by atoms with Crippen LogP contribution in [0.3, 0.4) is 0 Å². The number of rotatable bonds is 14. The van der Waals surface area contributed by atoms with E-state index in [4.69, 9.17) is 14.2 Å². The summed E-state index contributed by atoms with van der Waals surface area (Å²) < 4.78 is 15.8. The van der Waals surface area contributed by atoms with Crippen molar-refractivity contribution in [1.29, 1.82) is 0 Å². The van der Waals surface area contributed by atoms with Crippen molar-refractivity contribution in [2.75, 3.05) is 46.2 Å². The van der Waals surface area contributed by atoms with Crippen LogP contribution in [0.15, 0.2) is 0 Å². The first-order valence-electron chi connectivity index (χ1n) is 8.31. The van der Waals surface area contributed by atoms with E-state index < -0.39 is 0 Å². The van der Waals surface area contributed by atoms with Gasteiger partial charge in [0.1, 0.15) is 6.61 Å². The van der Waals surface area contributed by atoms with Gasteiger partial charge >= 0.3 is 0 Å². The van der Waals surface area contributed by atoms with E-state index in [9.17, 15) is 4.79 Å². The maximum atomic E-state index is 11.3. The van der Waals surface area contributed by atoms with Gasteiger partial charge < -0.3 is 19.5 Å². The minimum absolute atomic E-state index is 0. The molecule has 0 aliphatic heterocycles. The molecular weight excluding hydrogens is 270 g/mol. The van der Waals surface area contributed by atoms with Crippen LogP contribution in [-0.2, 0) is 19.0 Å². The number of carbonyl (C=O) groups excluding carboxylic acids is 1. The summed E-state index contributed by atoms with van der Waals surface area (Å²) in [5, 5.41) is 2.82. The SMILES string of the molecule is CC.CCCCCNC(=O)COCCOCCOCCC.[HH]. The van der Waals surface area contributed by atoms with Crippen molar-refractivity contribution in [3.8, 4) is 0 Å². The molecule has 0 aromatic rings. The summed E-state index contributed by atoms with van der Waals surface area (Å²) in [6, 6.07) is 0. The molecule has 1 N–H and O–H groups in total. The van der Waals surface area contributed by atoms with Crippen LogP contribution >= 0.6 is 0 Å². The molecule has 5 nitrogen and oxygen atoms in total. The van der Waals surface area contributed by atoms with Gasteiger partial charge in [0.25, 0.3) is 0 Å². The third kappa shape index (κ3) is 21.8. The Morgan fingerprint density at radius 3 is 2.00 bits per heavy atom. The number of hydrogen-bond acceptors (Lipinski definition) is 4. The van der Waals surface area contributed by atoms with Crippen molar-refractivity contribution in [3.63, 3.8) is 0 Å². The molecule has 0 aromatic heterocycles. The largest absolute Gasteiger partial charge is 0.379 e. The standard InChI is InChI=1S/C14H29NO4.C2H6.H2/c1-3-5-6-7-15-14(16)13-19-12-11-18-10-9-17-8-4-2;1-2;/h3-13H2,1-2H3,(H,15,16);1-2H3;1H. The summed E-state index contributed by atoms with van der Waals surface area (Å²) in [5.74, 6) is -0.0533. The van der Waals surface area contributed by atoms with Gasteiger partial charge in [0.15, 0.2) is 0 Å². The first kappa shape index (κ1) is 22.6. The van der Waals surface area contributed by atoms with Crippen LogP contribution in [0.5, 0.6) is 0 Å². The molecule has 0 aromatic carbocycles. The molecule has 0 unspecified atom stereocenters. The second-order valence-corrected chi connectivity index (χ2v) is 4.33. The number of hydrogen-bond donors (Lipinski definition) is 1. The van der Waals surface area contributed by atoms with Gasteiger partial charge in [-0.15, -0.1) is 0 Å². The third-order valence-electron chi connectivity index (χ3n) is 2.43. The fraction of sp³-hybridized carbons (Fsp3) is 0.938. The molecule has 0 saturated carbocycles. The lowest BCUT2D eigenvalue weighted by atomic mass is 10.2. The van der Waals surface area contributed by atoms with Gasteiger partial charge in [-0.1, -0.05) is 40.5 Å². The highest BCUT2D eigenvalue weighted by atomic mass is 16.5. The van der Waals surface area contributed by atoms with Crippen LogP contribution in [0.2, 0.25) is 0 Å². The molecule has 0 bridgehead atoms. The molecule has 0 spiro atoms. The summed E-state index contributed by atoms with van der Waals surface area (Å²) in [6.07, 6.45) is 4.36. The monoisotopic (exact) mass is 307 g/mol. The Bertz CT molecular complexity index is 207. The minimum atomic E-state index is -0.0533. The lowest BCUT2D eigenvalue weighted by Gasteiger charge is -2.07. The van der Waals surface area contributed by atoms with Gasteiger partial charge in [0, 0.05) is 14.6 Å². The average Bonchev–Trinajstić information content (AvgIpc) is 2.52. The highest BCUT2D eigenvalue weighted by Crippen LogP contribution is 1.91. The molecular formula is C16H37NO4. The second kappa shape index (κ2) is 21.6. The predicted molar refractivity (Wildman–Crippen MR) is 88.7 cm³/mol. The Morgan fingerprint density at radius 1 is 0.857 bits per heavy atom. The van der Waals surface area contributed by atoms with Crippen LogP contribution in [0.25, 0.3) is 0 Å². The Morgan fingerprint density at radius 2 is 1.43 bits per heavy atom. The summed E-state index contributed by atoms with van der Waals surface area (Å²) in [5.41, 5.74) is 0. The molecule has 5 heteroatoms. The van der Waals surface area contributed by atoms with E-state index >= 15 is 0 Å². The number of unbranched alkanes of at least 4 members (excludes halogenated alkanes) is 2. The molecule has 0 heterocycles. The number of ether oxygens (including phenoxy) is 3. The van der Waals surface area contributed by atoms with E-state index in [1.807, 2.05) is 13.8 Å². The van der Waals surface area contributed by atoms with Gasteiger partial charge in [-0.05, 0) is 12.8 Å². The molecule has 130 valence electrons. The summed E-state index contributed by atoms with van der Waals surface area (Å²) in [4.78, 5) is 11.3. The van der Waals surface area contributed by atoms with Crippen LogP contribution in [0, 0.1) is 0 Å². The van der Waals surface area contributed by atoms with Crippen molar-refractivity contribution in [2.24, 2.45) is 0 Å². The Balaban J connectivity index is -0.00000115. The lowest BCUT2D eigenvalue weighted by Crippen LogP contribution is -2.29. The number of carbonyl (C=O) groups is 1. The van der Waals surface area contributed by atoms with Crippen molar-refractivity contribution in [2.45, 2.75) is 53.4 Å². The fourth-order valence-corrected chi connectivity index (χ4v) is 1.40. The zero-order valence-corrected chi connectivity index (χ0v) is 14.4. The van der Waals surface area contributed by atoms with Crippen LogP contribution < -0.4 is 5.32 Å². The zero-order chi connectivity index (χ0) is 16.2. The molecule has 0 radical (unpaired) electrons. The smallest absolute Gasteiger partial charge is 0.245 e. The molecule has 0 aliphatic rings. The molecule has 0 rings (SSSR count). The van der Waals surface area contributed by atoms with Crippen LogP contribution in [0.1, 0.15) is 54.8 Å². The summed E-state index contributed by atoms with van der Waals surface area (Å²) in [7, 11) is 0. The fourth-order valence-electron chi connectivity index (χ4n) is 1.40. The van der Waals surface area contributed by atoms with Gasteiger partial charge in [0.05, 0.1) is 26.4 Å². The average molecular weight is 307 g/mol. The molecule has 0 atom stereocenters. The summed E-state index contributed by atoms with van der Waals surface area (Å²) >= 11 is 0. The molecule has 1 amide bonds. The highest BCUT2D eigenvalue weighted by molar-refractivity contribution is 5.77. The van der Waals surface area contributed by atoms with Crippen molar-refractivity contribution < 1.29 is 20.4 Å². The highest BCUT2D eigenvalue weighted by Gasteiger charge is 1.99. The van der Waals surface area contributed by atoms with Crippen molar-refractivity contribution in [3.05, 3.63) is 0 Å². The lowest BCUT2D eigenvalue weighted by molar-refractivity contribution is -0.126. The van der Waals surface area contributed by atoms with Gasteiger partial charge in [-0.3, -0.25) is 4.79 Å². The maximum absolute atomic E-state index is 11.3. The zero-order valence-electron chi connectivity index (χ0n) is 14.4. The minimum Gasteiger partial charge on any atom is -0.379 e. The summed E-state index contributed by atoms with van der Waals surface area (Å²) in [6.45, 7) is 12.0. The van der Waals surface area contributed by atoms with E-state index in [2.05, 4.69) is 19.2 Å². The normalized spacial score (nSPS) is 9.90. The first-order valence-corrected chi connectivity index (χ1v) is 8.31. The maximum Gasteiger partial charge on any atom is 0.245 e. The Labute approximate surface area is 132 Å². The number of nitrogens with one attached hydrogen (secondary N) is 1. The van der Waals surface area contributed by atoms with Gasteiger partial charge in [-0.2, -0.15) is 0 Å². The molecule has 0 aliphatic carbocycles. The van der Waals surface area contributed by atoms with Crippen molar-refractivity contribution >= 4 is 5.91 Å². The van der Waals surface area contributed by atoms with E-state index in [1.54, 1.807) is 0 Å². The third-order valence-corrected chi connectivity index (χ3v) is 2.43. The molecule has 0 fully saturated rings. The first-order chi connectivity index (χ1) is 10.3. The van der Waals surface area contributed by atoms with E-state index in [1.165, 1.54) is 0 Å². The molecule has 0 saturated heterocycles. The van der Waals surface area contributed by atoms with Gasteiger partial charge in [0.2, 0.25) is 5.91 Å². The molecule has 21 heavy (non-hydrogen) atoms. The Hall–Kier alpha value is -0.650. The van der Waals surface area contributed by atoms with Gasteiger partial charge in [-0.25, -0.2) is 0 Å². The predicted octanol–water partition coefficient (Wildman–Crippen LogP) is 3.02. The van der Waals surface area contributed by atoms with E-state index in [0.717, 1.165) is 38.8 Å². The Kier molecular flexibility index (Phi) is 23.3. The number of amides is 1. The van der Waals surface area contributed by atoms with Crippen LogP contribution in [-0.4, -0.2) is 52.1 Å². The van der Waals surface area contributed by atoms with E-state index in [0.29, 0.717) is 26.4 Å². The topological polar surface area (TPSA) is 56.8 Å². The van der Waals surface area contributed by atoms with Crippen molar-refractivity contribution in [1.82, 2.24) is 5.32 Å². The van der Waals surface area contributed by atoms with Crippen LogP contribution in [0.4, 0.5) is 0 Å².